The van der Waals surface area contributed by atoms with Crippen LogP contribution in [-0.2, 0) is 14.3 Å². The predicted octanol–water partition coefficient (Wildman–Crippen LogP) is 1.80. The van der Waals surface area contributed by atoms with Gasteiger partial charge in [0, 0.05) is 6.42 Å². The molecule has 0 saturated carbocycles. The molecule has 0 radical (unpaired) electrons. The van der Waals surface area contributed by atoms with Crippen LogP contribution in [0.2, 0.25) is 0 Å². The fraction of sp³-hybridized carbons (Fsp3) is 0.800. The molecule has 0 aromatic carbocycles. The van der Waals surface area contributed by atoms with Crippen molar-refractivity contribution in [1.82, 2.24) is 0 Å². The Hall–Kier alpha value is -0.860. The quantitative estimate of drug-likeness (QED) is 0.485. The number of rotatable bonds is 5. The third-order valence-electron chi connectivity index (χ3n) is 1.89. The van der Waals surface area contributed by atoms with Crippen molar-refractivity contribution in [3.8, 4) is 0 Å². The zero-order chi connectivity index (χ0) is 10.4. The second-order valence-corrected chi connectivity index (χ2v) is 3.55. The lowest BCUT2D eigenvalue weighted by Gasteiger charge is -2.12. The van der Waals surface area contributed by atoms with E-state index in [0.717, 1.165) is 0 Å². The SMILES string of the molecule is CCC(C(=O)CC(C)C)C(=O)OC. The molecule has 0 aliphatic carbocycles. The van der Waals surface area contributed by atoms with Gasteiger partial charge in [-0.3, -0.25) is 9.59 Å². The molecule has 76 valence electrons. The lowest BCUT2D eigenvalue weighted by molar-refractivity contribution is -0.149. The molecule has 0 spiro atoms. The molecule has 0 rings (SSSR count). The third kappa shape index (κ3) is 4.06. The molecule has 3 nitrogen and oxygen atoms in total. The summed E-state index contributed by atoms with van der Waals surface area (Å²) in [6, 6.07) is 0. The van der Waals surface area contributed by atoms with Gasteiger partial charge in [-0.25, -0.2) is 0 Å². The van der Waals surface area contributed by atoms with Gasteiger partial charge in [0.15, 0.2) is 0 Å². The largest absolute Gasteiger partial charge is 0.468 e. The standard InChI is InChI=1S/C10H18O3/c1-5-8(10(12)13-4)9(11)6-7(2)3/h7-8H,5-6H2,1-4H3. The van der Waals surface area contributed by atoms with Crippen molar-refractivity contribution in [2.24, 2.45) is 11.8 Å². The van der Waals surface area contributed by atoms with Gasteiger partial charge < -0.3 is 4.74 Å². The van der Waals surface area contributed by atoms with Gasteiger partial charge in [0.2, 0.25) is 0 Å². The first-order chi connectivity index (χ1) is 6.02. The lowest BCUT2D eigenvalue weighted by Crippen LogP contribution is -2.25. The van der Waals surface area contributed by atoms with E-state index in [1.54, 1.807) is 0 Å². The minimum absolute atomic E-state index is 0.00986. The van der Waals surface area contributed by atoms with Crippen molar-refractivity contribution >= 4 is 11.8 Å². The van der Waals surface area contributed by atoms with E-state index >= 15 is 0 Å². The highest BCUT2D eigenvalue weighted by Crippen LogP contribution is 2.12. The van der Waals surface area contributed by atoms with E-state index < -0.39 is 11.9 Å². The number of ketones is 1. The van der Waals surface area contributed by atoms with Crippen LogP contribution < -0.4 is 0 Å². The molecule has 0 aliphatic heterocycles. The van der Waals surface area contributed by atoms with Gasteiger partial charge >= 0.3 is 5.97 Å². The van der Waals surface area contributed by atoms with Crippen molar-refractivity contribution in [1.29, 1.82) is 0 Å². The Kier molecular flexibility index (Phi) is 5.35. The maximum absolute atomic E-state index is 11.5. The van der Waals surface area contributed by atoms with Crippen LogP contribution in [0.15, 0.2) is 0 Å². The average molecular weight is 186 g/mol. The minimum atomic E-state index is -0.563. The molecule has 1 unspecified atom stereocenters. The summed E-state index contributed by atoms with van der Waals surface area (Å²) < 4.78 is 4.55. The maximum atomic E-state index is 11.5. The number of methoxy groups -OCH3 is 1. The monoisotopic (exact) mass is 186 g/mol. The third-order valence-corrected chi connectivity index (χ3v) is 1.89. The summed E-state index contributed by atoms with van der Waals surface area (Å²) in [4.78, 5) is 22.6. The molecule has 0 aliphatic rings. The van der Waals surface area contributed by atoms with Crippen molar-refractivity contribution < 1.29 is 14.3 Å². The second kappa shape index (κ2) is 5.73. The first-order valence-corrected chi connectivity index (χ1v) is 4.63. The highest BCUT2D eigenvalue weighted by Gasteiger charge is 2.25. The molecule has 3 heteroatoms. The molecular weight excluding hydrogens is 168 g/mol. The van der Waals surface area contributed by atoms with Crippen LogP contribution in [0.25, 0.3) is 0 Å². The number of Topliss-reactive ketones (excluding diaryl/α,β-unsaturated/α-hetero) is 1. The zero-order valence-corrected chi connectivity index (χ0v) is 8.79. The van der Waals surface area contributed by atoms with E-state index in [0.29, 0.717) is 18.8 Å². The van der Waals surface area contributed by atoms with Crippen LogP contribution in [-0.4, -0.2) is 18.9 Å². The van der Waals surface area contributed by atoms with Gasteiger partial charge in [-0.15, -0.1) is 0 Å². The van der Waals surface area contributed by atoms with Crippen molar-refractivity contribution in [3.05, 3.63) is 0 Å². The van der Waals surface area contributed by atoms with Crippen LogP contribution in [0.5, 0.6) is 0 Å². The normalized spacial score (nSPS) is 12.7. The van der Waals surface area contributed by atoms with Gasteiger partial charge in [-0.2, -0.15) is 0 Å². The van der Waals surface area contributed by atoms with Gasteiger partial charge in [0.25, 0.3) is 0 Å². The summed E-state index contributed by atoms with van der Waals surface area (Å²) in [6.07, 6.45) is 0.978. The molecule has 0 amide bonds. The number of carbonyl (C=O) groups is 2. The Morgan fingerprint density at radius 2 is 1.85 bits per heavy atom. The molecule has 0 aromatic heterocycles. The zero-order valence-electron chi connectivity index (χ0n) is 8.79. The van der Waals surface area contributed by atoms with E-state index in [1.165, 1.54) is 7.11 Å². The molecule has 0 bridgehead atoms. The summed E-state index contributed by atoms with van der Waals surface area (Å²) >= 11 is 0. The van der Waals surface area contributed by atoms with E-state index in [9.17, 15) is 9.59 Å². The van der Waals surface area contributed by atoms with E-state index in [4.69, 9.17) is 0 Å². The Balaban J connectivity index is 4.23. The molecule has 0 fully saturated rings. The van der Waals surface area contributed by atoms with Crippen LogP contribution in [0.1, 0.15) is 33.6 Å². The fourth-order valence-electron chi connectivity index (χ4n) is 1.21. The summed E-state index contributed by atoms with van der Waals surface area (Å²) in [7, 11) is 1.31. The number of carbonyl (C=O) groups excluding carboxylic acids is 2. The van der Waals surface area contributed by atoms with Crippen molar-refractivity contribution in [3.63, 3.8) is 0 Å². The van der Waals surface area contributed by atoms with Crippen LogP contribution in [0.3, 0.4) is 0 Å². The minimum Gasteiger partial charge on any atom is -0.468 e. The van der Waals surface area contributed by atoms with Crippen LogP contribution >= 0.6 is 0 Å². The molecule has 0 aromatic rings. The smallest absolute Gasteiger partial charge is 0.316 e. The summed E-state index contributed by atoms with van der Waals surface area (Å²) in [5, 5.41) is 0. The van der Waals surface area contributed by atoms with Gasteiger partial charge in [0.1, 0.15) is 11.7 Å². The highest BCUT2D eigenvalue weighted by molar-refractivity contribution is 5.98. The highest BCUT2D eigenvalue weighted by atomic mass is 16.5. The first kappa shape index (κ1) is 12.1. The molecule has 0 N–H and O–H groups in total. The Morgan fingerprint density at radius 1 is 1.31 bits per heavy atom. The lowest BCUT2D eigenvalue weighted by atomic mass is 9.94. The van der Waals surface area contributed by atoms with E-state index in [2.05, 4.69) is 4.74 Å². The number of hydrogen-bond donors (Lipinski definition) is 0. The maximum Gasteiger partial charge on any atom is 0.316 e. The fourth-order valence-corrected chi connectivity index (χ4v) is 1.21. The average Bonchev–Trinajstić information content (AvgIpc) is 2.03. The Morgan fingerprint density at radius 3 is 2.15 bits per heavy atom. The molecule has 13 heavy (non-hydrogen) atoms. The Bertz CT molecular complexity index is 185. The second-order valence-electron chi connectivity index (χ2n) is 3.55. The first-order valence-electron chi connectivity index (χ1n) is 4.63. The van der Waals surface area contributed by atoms with Crippen molar-refractivity contribution in [2.45, 2.75) is 33.6 Å². The van der Waals surface area contributed by atoms with Gasteiger partial charge in [-0.05, 0) is 12.3 Å². The Labute approximate surface area is 79.5 Å². The van der Waals surface area contributed by atoms with Crippen LogP contribution in [0.4, 0.5) is 0 Å². The summed E-state index contributed by atoms with van der Waals surface area (Å²) in [5.74, 6) is -0.684. The molecule has 0 heterocycles. The number of ether oxygens (including phenoxy) is 1. The number of esters is 1. The van der Waals surface area contributed by atoms with E-state index in [1.807, 2.05) is 20.8 Å². The molecular formula is C10H18O3. The van der Waals surface area contributed by atoms with E-state index in [-0.39, 0.29) is 5.78 Å². The predicted molar refractivity (Wildman–Crippen MR) is 50.3 cm³/mol. The van der Waals surface area contributed by atoms with Gasteiger partial charge in [-0.1, -0.05) is 20.8 Å². The van der Waals surface area contributed by atoms with Gasteiger partial charge in [0.05, 0.1) is 7.11 Å². The van der Waals surface area contributed by atoms with Crippen LogP contribution in [0, 0.1) is 11.8 Å². The molecule has 0 saturated heterocycles. The topological polar surface area (TPSA) is 43.4 Å². The summed E-state index contributed by atoms with van der Waals surface area (Å²) in [6.45, 7) is 5.74. The summed E-state index contributed by atoms with van der Waals surface area (Å²) in [5.41, 5.74) is 0. The van der Waals surface area contributed by atoms with Crippen molar-refractivity contribution in [2.75, 3.05) is 7.11 Å². The number of hydrogen-bond acceptors (Lipinski definition) is 3. The molecule has 1 atom stereocenters.